The number of halogens is 3. The Morgan fingerprint density at radius 2 is 1.79 bits per heavy atom. The van der Waals surface area contributed by atoms with Crippen LogP contribution in [0.5, 0.6) is 5.75 Å². The van der Waals surface area contributed by atoms with E-state index in [4.69, 9.17) is 4.74 Å². The van der Waals surface area contributed by atoms with Crippen molar-refractivity contribution in [3.8, 4) is 5.75 Å². The van der Waals surface area contributed by atoms with Crippen molar-refractivity contribution in [3.63, 3.8) is 0 Å². The van der Waals surface area contributed by atoms with Crippen molar-refractivity contribution < 1.29 is 27.5 Å². The molecule has 3 rings (SSSR count). The molecule has 12 heteroatoms. The van der Waals surface area contributed by atoms with E-state index in [0.717, 1.165) is 23.9 Å². The maximum absolute atomic E-state index is 13.7. The van der Waals surface area contributed by atoms with Gasteiger partial charge in [-0.25, -0.2) is 13.2 Å². The zero-order valence-corrected chi connectivity index (χ0v) is 18.5. The quantitative estimate of drug-likeness (QED) is 0.362. The van der Waals surface area contributed by atoms with Gasteiger partial charge in [0.2, 0.25) is 5.91 Å². The SMILES string of the molecule is COc1ccc(C(=O)NCCc2nnc(SCC(=O)Nc3ccc(F)c(F)c3F)n2C)cc1. The second-order valence-corrected chi connectivity index (χ2v) is 7.69. The lowest BCUT2D eigenvalue weighted by Crippen LogP contribution is -2.26. The molecule has 2 N–H and O–H groups in total. The fourth-order valence-electron chi connectivity index (χ4n) is 2.76. The molecule has 33 heavy (non-hydrogen) atoms. The Bertz CT molecular complexity index is 1150. The van der Waals surface area contributed by atoms with Crippen LogP contribution in [0.4, 0.5) is 18.9 Å². The number of benzene rings is 2. The molecular weight excluding hydrogens is 459 g/mol. The molecule has 1 heterocycles. The Kier molecular flexibility index (Phi) is 7.93. The predicted molar refractivity (Wildman–Crippen MR) is 116 cm³/mol. The average molecular weight is 479 g/mol. The maximum atomic E-state index is 13.7. The molecule has 8 nitrogen and oxygen atoms in total. The second kappa shape index (κ2) is 10.9. The lowest BCUT2D eigenvalue weighted by atomic mass is 10.2. The lowest BCUT2D eigenvalue weighted by Gasteiger charge is -2.08. The minimum atomic E-state index is -1.66. The van der Waals surface area contributed by atoms with Crippen LogP contribution in [0.2, 0.25) is 0 Å². The second-order valence-electron chi connectivity index (χ2n) is 6.75. The largest absolute Gasteiger partial charge is 0.497 e. The minimum absolute atomic E-state index is 0.154. The molecule has 174 valence electrons. The van der Waals surface area contributed by atoms with E-state index in [1.54, 1.807) is 43.0 Å². The number of ether oxygens (including phenoxy) is 1. The summed E-state index contributed by atoms with van der Waals surface area (Å²) < 4.78 is 46.6. The molecule has 0 unspecified atom stereocenters. The summed E-state index contributed by atoms with van der Waals surface area (Å²) in [5.41, 5.74) is 0.0410. The fourth-order valence-corrected chi connectivity index (χ4v) is 3.49. The number of aromatic nitrogens is 3. The van der Waals surface area contributed by atoms with Crippen LogP contribution >= 0.6 is 11.8 Å². The number of thioether (sulfide) groups is 1. The molecule has 0 spiro atoms. The van der Waals surface area contributed by atoms with E-state index in [0.29, 0.717) is 35.3 Å². The highest BCUT2D eigenvalue weighted by Crippen LogP contribution is 2.21. The molecule has 0 aliphatic carbocycles. The van der Waals surface area contributed by atoms with Gasteiger partial charge in [-0.1, -0.05) is 11.8 Å². The number of amides is 2. The van der Waals surface area contributed by atoms with E-state index in [1.807, 2.05) is 0 Å². The lowest BCUT2D eigenvalue weighted by molar-refractivity contribution is -0.113. The molecule has 0 saturated heterocycles. The topological polar surface area (TPSA) is 98.1 Å². The standard InChI is InChI=1S/C21H20F3N5O3S/c1-29-16(9-10-25-20(31)12-3-5-13(32-2)6-4-12)27-28-21(29)33-11-17(30)26-15-8-7-14(22)18(23)19(15)24/h3-8H,9-11H2,1-2H3,(H,25,31)(H,26,30). The molecule has 3 aromatic rings. The van der Waals surface area contributed by atoms with Gasteiger partial charge in [0.15, 0.2) is 22.6 Å². The van der Waals surface area contributed by atoms with E-state index in [1.165, 1.54) is 0 Å². The predicted octanol–water partition coefficient (Wildman–Crippen LogP) is 2.94. The van der Waals surface area contributed by atoms with Gasteiger partial charge < -0.3 is 19.9 Å². The van der Waals surface area contributed by atoms with Crippen molar-refractivity contribution >= 4 is 29.3 Å². The molecular formula is C21H20F3N5O3S. The number of hydrogen-bond donors (Lipinski definition) is 2. The number of carbonyl (C=O) groups excluding carboxylic acids is 2. The van der Waals surface area contributed by atoms with Crippen molar-refractivity contribution in [1.82, 2.24) is 20.1 Å². The van der Waals surface area contributed by atoms with Crippen molar-refractivity contribution in [1.29, 1.82) is 0 Å². The zero-order chi connectivity index (χ0) is 24.0. The van der Waals surface area contributed by atoms with Gasteiger partial charge in [0.1, 0.15) is 11.6 Å². The molecule has 0 bridgehead atoms. The molecule has 0 aliphatic rings. The molecule has 1 aromatic heterocycles. The van der Waals surface area contributed by atoms with Crippen LogP contribution in [0.3, 0.4) is 0 Å². The Morgan fingerprint density at radius 3 is 2.48 bits per heavy atom. The van der Waals surface area contributed by atoms with Crippen molar-refractivity contribution in [2.45, 2.75) is 11.6 Å². The van der Waals surface area contributed by atoms with Crippen molar-refractivity contribution in [3.05, 3.63) is 65.2 Å². The summed E-state index contributed by atoms with van der Waals surface area (Å²) in [5, 5.41) is 13.4. The Labute approximate surface area is 191 Å². The van der Waals surface area contributed by atoms with Gasteiger partial charge in [-0.2, -0.15) is 0 Å². The van der Waals surface area contributed by atoms with Crippen molar-refractivity contribution in [2.24, 2.45) is 7.05 Å². The third-order valence-corrected chi connectivity index (χ3v) is 5.57. The number of rotatable bonds is 9. The number of methoxy groups -OCH3 is 1. The number of carbonyl (C=O) groups is 2. The smallest absolute Gasteiger partial charge is 0.251 e. The van der Waals surface area contributed by atoms with Crippen LogP contribution < -0.4 is 15.4 Å². The summed E-state index contributed by atoms with van der Waals surface area (Å²) in [6.07, 6.45) is 0.401. The first-order valence-electron chi connectivity index (χ1n) is 9.66. The van der Waals surface area contributed by atoms with E-state index < -0.39 is 29.0 Å². The first-order chi connectivity index (χ1) is 15.8. The summed E-state index contributed by atoms with van der Waals surface area (Å²) in [6.45, 7) is 0.317. The average Bonchev–Trinajstić information content (AvgIpc) is 3.17. The minimum Gasteiger partial charge on any atom is -0.497 e. The maximum Gasteiger partial charge on any atom is 0.251 e. The van der Waals surface area contributed by atoms with Crippen LogP contribution in [0.1, 0.15) is 16.2 Å². The molecule has 2 aromatic carbocycles. The van der Waals surface area contributed by atoms with Gasteiger partial charge in [-0.3, -0.25) is 9.59 Å². The van der Waals surface area contributed by atoms with E-state index in [2.05, 4.69) is 20.8 Å². The van der Waals surface area contributed by atoms with E-state index >= 15 is 0 Å². The van der Waals surface area contributed by atoms with Gasteiger partial charge in [0.05, 0.1) is 18.6 Å². The Morgan fingerprint density at radius 1 is 1.06 bits per heavy atom. The summed E-state index contributed by atoms with van der Waals surface area (Å²) in [7, 11) is 3.25. The van der Waals surface area contributed by atoms with Crippen LogP contribution in [-0.2, 0) is 18.3 Å². The molecule has 0 saturated carbocycles. The summed E-state index contributed by atoms with van der Waals surface area (Å²) in [4.78, 5) is 24.2. The molecule has 2 amide bonds. The molecule has 0 radical (unpaired) electrons. The summed E-state index contributed by atoms with van der Waals surface area (Å²) in [6, 6.07) is 8.36. The Hall–Kier alpha value is -3.54. The third kappa shape index (κ3) is 6.04. The van der Waals surface area contributed by atoms with Gasteiger partial charge >= 0.3 is 0 Å². The number of nitrogens with one attached hydrogen (secondary N) is 2. The van der Waals surface area contributed by atoms with Gasteiger partial charge in [-0.15, -0.1) is 10.2 Å². The monoisotopic (exact) mass is 479 g/mol. The van der Waals surface area contributed by atoms with Crippen LogP contribution in [-0.4, -0.2) is 46.0 Å². The number of hydrogen-bond acceptors (Lipinski definition) is 6. The van der Waals surface area contributed by atoms with Gasteiger partial charge in [0.25, 0.3) is 5.91 Å². The van der Waals surface area contributed by atoms with Gasteiger partial charge in [-0.05, 0) is 36.4 Å². The Balaban J connectivity index is 1.48. The van der Waals surface area contributed by atoms with E-state index in [-0.39, 0.29) is 11.7 Å². The van der Waals surface area contributed by atoms with Crippen LogP contribution in [0, 0.1) is 17.5 Å². The first-order valence-corrected chi connectivity index (χ1v) is 10.7. The number of nitrogens with zero attached hydrogens (tertiary/aromatic N) is 3. The third-order valence-electron chi connectivity index (χ3n) is 4.55. The molecule has 0 fully saturated rings. The highest BCUT2D eigenvalue weighted by Gasteiger charge is 2.17. The van der Waals surface area contributed by atoms with Gasteiger partial charge in [0, 0.05) is 25.6 Å². The highest BCUT2D eigenvalue weighted by molar-refractivity contribution is 7.99. The summed E-state index contributed by atoms with van der Waals surface area (Å²) in [5.74, 6) is -4.25. The summed E-state index contributed by atoms with van der Waals surface area (Å²) >= 11 is 1.04. The highest BCUT2D eigenvalue weighted by atomic mass is 32.2. The number of anilines is 1. The van der Waals surface area contributed by atoms with E-state index in [9.17, 15) is 22.8 Å². The van der Waals surface area contributed by atoms with Crippen molar-refractivity contribution in [2.75, 3.05) is 24.7 Å². The first kappa shape index (κ1) is 24.1. The van der Waals surface area contributed by atoms with Crippen LogP contribution in [0.25, 0.3) is 0 Å². The molecule has 0 atom stereocenters. The normalized spacial score (nSPS) is 10.7. The fraction of sp³-hybridized carbons (Fsp3) is 0.238. The van der Waals surface area contributed by atoms with Crippen LogP contribution in [0.15, 0.2) is 41.6 Å². The zero-order valence-electron chi connectivity index (χ0n) is 17.7. The molecule has 0 aliphatic heterocycles.